The molecule has 118 valence electrons. The van der Waals surface area contributed by atoms with Crippen LogP contribution in [-0.4, -0.2) is 23.6 Å². The highest BCUT2D eigenvalue weighted by Crippen LogP contribution is 2.26. The number of methoxy groups -OCH3 is 1. The van der Waals surface area contributed by atoms with Gasteiger partial charge in [0.05, 0.1) is 23.0 Å². The van der Waals surface area contributed by atoms with E-state index in [0.29, 0.717) is 0 Å². The van der Waals surface area contributed by atoms with Gasteiger partial charge in [-0.3, -0.25) is 4.79 Å². The molecule has 0 aliphatic rings. The monoisotopic (exact) mass is 332 g/mol. The topological polar surface area (TPSA) is 60.3 Å². The minimum absolute atomic E-state index is 0.103. The van der Waals surface area contributed by atoms with E-state index in [9.17, 15) is 14.0 Å². The van der Waals surface area contributed by atoms with Crippen LogP contribution in [0.4, 0.5) is 10.1 Å². The van der Waals surface area contributed by atoms with E-state index in [1.165, 1.54) is 30.6 Å². The summed E-state index contributed by atoms with van der Waals surface area (Å²) in [5.41, 5.74) is 1.16. The fraction of sp³-hybridized carbons (Fsp3) is 0.125. The number of anilines is 1. The molecule has 3 aromatic rings. The fourth-order valence-electron chi connectivity index (χ4n) is 2.32. The van der Waals surface area contributed by atoms with Gasteiger partial charge >= 0.3 is 5.97 Å². The number of halogens is 1. The van der Waals surface area contributed by atoms with Crippen molar-refractivity contribution >= 4 is 39.1 Å². The zero-order valence-corrected chi connectivity index (χ0v) is 13.0. The Morgan fingerprint density at radius 2 is 2.09 bits per heavy atom. The van der Waals surface area contributed by atoms with E-state index in [4.69, 9.17) is 4.74 Å². The minimum atomic E-state index is -0.521. The van der Waals surface area contributed by atoms with E-state index < -0.39 is 17.7 Å². The number of para-hydroxylation sites is 1. The molecule has 0 spiro atoms. The number of ether oxygens (including phenoxy) is 1. The number of carbonyl (C=O) groups excluding carboxylic acids is 2. The summed E-state index contributed by atoms with van der Waals surface area (Å²) in [7, 11) is 1.28. The van der Waals surface area contributed by atoms with Crippen molar-refractivity contribution in [2.45, 2.75) is 6.54 Å². The van der Waals surface area contributed by atoms with Crippen LogP contribution in [0.1, 0.15) is 10.5 Å². The smallest absolute Gasteiger partial charge is 0.354 e. The number of esters is 1. The Balaban J connectivity index is 1.88. The lowest BCUT2D eigenvalue weighted by Gasteiger charge is -2.10. The Labute approximate surface area is 135 Å². The highest BCUT2D eigenvalue weighted by Gasteiger charge is 2.19. The summed E-state index contributed by atoms with van der Waals surface area (Å²) in [5, 5.41) is 4.38. The SMILES string of the molecule is COC(=O)c1cc2sccc2n1CC(=O)Nc1ccccc1F. The van der Waals surface area contributed by atoms with Gasteiger partial charge in [0, 0.05) is 0 Å². The Bertz CT molecular complexity index is 884. The van der Waals surface area contributed by atoms with Gasteiger partial charge in [-0.25, -0.2) is 9.18 Å². The Morgan fingerprint density at radius 1 is 1.30 bits per heavy atom. The van der Waals surface area contributed by atoms with E-state index in [2.05, 4.69) is 5.32 Å². The summed E-state index contributed by atoms with van der Waals surface area (Å²) in [6.07, 6.45) is 0. The molecule has 0 saturated carbocycles. The molecule has 0 atom stereocenters. The molecule has 0 aliphatic carbocycles. The van der Waals surface area contributed by atoms with Crippen LogP contribution in [0.15, 0.2) is 41.8 Å². The molecular formula is C16H13FN2O3S. The second kappa shape index (κ2) is 6.21. The van der Waals surface area contributed by atoms with Crippen molar-refractivity contribution in [3.8, 4) is 0 Å². The van der Waals surface area contributed by atoms with Gasteiger partial charge in [-0.2, -0.15) is 0 Å². The van der Waals surface area contributed by atoms with Crippen LogP contribution < -0.4 is 5.32 Å². The summed E-state index contributed by atoms with van der Waals surface area (Å²) >= 11 is 1.46. The van der Waals surface area contributed by atoms with E-state index in [1.54, 1.807) is 22.8 Å². The largest absolute Gasteiger partial charge is 0.464 e. The normalized spacial score (nSPS) is 10.7. The molecule has 1 aromatic carbocycles. The van der Waals surface area contributed by atoms with Gasteiger partial charge in [0.15, 0.2) is 0 Å². The van der Waals surface area contributed by atoms with Gasteiger partial charge < -0.3 is 14.6 Å². The molecule has 0 radical (unpaired) electrons. The van der Waals surface area contributed by atoms with Crippen molar-refractivity contribution in [2.24, 2.45) is 0 Å². The summed E-state index contributed by atoms with van der Waals surface area (Å²) in [4.78, 5) is 24.1. The molecule has 3 rings (SSSR count). The highest BCUT2D eigenvalue weighted by atomic mass is 32.1. The first-order chi connectivity index (χ1) is 11.1. The number of aromatic nitrogens is 1. The number of carbonyl (C=O) groups is 2. The summed E-state index contributed by atoms with van der Waals surface area (Å²) in [6, 6.07) is 9.42. The maximum Gasteiger partial charge on any atom is 0.354 e. The first kappa shape index (κ1) is 15.2. The van der Waals surface area contributed by atoms with Crippen LogP contribution >= 0.6 is 11.3 Å². The van der Waals surface area contributed by atoms with Crippen molar-refractivity contribution < 1.29 is 18.7 Å². The van der Waals surface area contributed by atoms with E-state index in [-0.39, 0.29) is 17.9 Å². The van der Waals surface area contributed by atoms with Crippen molar-refractivity contribution in [3.05, 3.63) is 53.3 Å². The molecule has 2 heterocycles. The number of benzene rings is 1. The number of hydrogen-bond donors (Lipinski definition) is 1. The number of fused-ring (bicyclic) bond motifs is 1. The number of thiophene rings is 1. The second-order valence-electron chi connectivity index (χ2n) is 4.81. The second-order valence-corrected chi connectivity index (χ2v) is 5.75. The summed E-state index contributed by atoms with van der Waals surface area (Å²) in [6.45, 7) is -0.112. The van der Waals surface area contributed by atoms with Gasteiger partial charge in [0.25, 0.3) is 0 Å². The van der Waals surface area contributed by atoms with Gasteiger partial charge in [0.1, 0.15) is 18.1 Å². The van der Waals surface area contributed by atoms with Crippen LogP contribution in [-0.2, 0) is 16.1 Å². The Kier molecular flexibility index (Phi) is 4.12. The number of hydrogen-bond acceptors (Lipinski definition) is 4. The quantitative estimate of drug-likeness (QED) is 0.746. The van der Waals surface area contributed by atoms with Gasteiger partial charge in [-0.15, -0.1) is 11.3 Å². The Hall–Kier alpha value is -2.67. The molecule has 1 amide bonds. The van der Waals surface area contributed by atoms with Crippen LogP contribution in [0.5, 0.6) is 0 Å². The van der Waals surface area contributed by atoms with Crippen LogP contribution in [0, 0.1) is 5.82 Å². The molecule has 23 heavy (non-hydrogen) atoms. The molecule has 0 fully saturated rings. The number of nitrogens with one attached hydrogen (secondary N) is 1. The average molecular weight is 332 g/mol. The lowest BCUT2D eigenvalue weighted by molar-refractivity contribution is -0.116. The van der Waals surface area contributed by atoms with E-state index >= 15 is 0 Å². The molecule has 0 bridgehead atoms. The molecule has 0 aliphatic heterocycles. The molecule has 1 N–H and O–H groups in total. The third kappa shape index (κ3) is 2.95. The number of amides is 1. The van der Waals surface area contributed by atoms with Gasteiger partial charge in [0.2, 0.25) is 5.91 Å². The summed E-state index contributed by atoms with van der Waals surface area (Å²) in [5.74, 6) is -1.46. The lowest BCUT2D eigenvalue weighted by Crippen LogP contribution is -2.22. The lowest BCUT2D eigenvalue weighted by atomic mass is 10.3. The highest BCUT2D eigenvalue weighted by molar-refractivity contribution is 7.17. The van der Waals surface area contributed by atoms with Gasteiger partial charge in [-0.1, -0.05) is 12.1 Å². The fourth-order valence-corrected chi connectivity index (χ4v) is 3.14. The molecular weight excluding hydrogens is 319 g/mol. The predicted octanol–water partition coefficient (Wildman–Crippen LogP) is 3.27. The van der Waals surface area contributed by atoms with Crippen LogP contribution in [0.3, 0.4) is 0 Å². The van der Waals surface area contributed by atoms with Crippen LogP contribution in [0.25, 0.3) is 10.2 Å². The molecule has 0 saturated heterocycles. The zero-order chi connectivity index (χ0) is 16.4. The minimum Gasteiger partial charge on any atom is -0.464 e. The average Bonchev–Trinajstić information content (AvgIpc) is 3.11. The first-order valence-corrected chi connectivity index (χ1v) is 7.67. The van der Waals surface area contributed by atoms with Crippen molar-refractivity contribution in [1.82, 2.24) is 4.57 Å². The molecule has 0 unspecified atom stereocenters. The number of nitrogens with zero attached hydrogens (tertiary/aromatic N) is 1. The third-order valence-corrected chi connectivity index (χ3v) is 4.22. The van der Waals surface area contributed by atoms with Crippen molar-refractivity contribution in [3.63, 3.8) is 0 Å². The first-order valence-electron chi connectivity index (χ1n) is 6.79. The van der Waals surface area contributed by atoms with Crippen LogP contribution in [0.2, 0.25) is 0 Å². The Morgan fingerprint density at radius 3 is 2.83 bits per heavy atom. The molecule has 5 nitrogen and oxygen atoms in total. The molecule has 7 heteroatoms. The maximum atomic E-state index is 13.6. The van der Waals surface area contributed by atoms with Gasteiger partial charge in [-0.05, 0) is 29.6 Å². The maximum absolute atomic E-state index is 13.6. The summed E-state index contributed by atoms with van der Waals surface area (Å²) < 4.78 is 20.8. The predicted molar refractivity (Wildman–Crippen MR) is 86.2 cm³/mol. The number of rotatable bonds is 4. The van der Waals surface area contributed by atoms with E-state index in [0.717, 1.165) is 10.2 Å². The van der Waals surface area contributed by atoms with E-state index in [1.807, 2.05) is 11.4 Å². The van der Waals surface area contributed by atoms with Crippen molar-refractivity contribution in [2.75, 3.05) is 12.4 Å². The zero-order valence-electron chi connectivity index (χ0n) is 12.2. The standard InChI is InChI=1S/C16H13FN2O3S/c1-22-16(21)13-8-14-12(6-7-23-14)19(13)9-15(20)18-11-5-3-2-4-10(11)17/h2-8H,9H2,1H3,(H,18,20). The third-order valence-electron chi connectivity index (χ3n) is 3.37. The molecule has 2 aromatic heterocycles. The van der Waals surface area contributed by atoms with Crippen molar-refractivity contribution in [1.29, 1.82) is 0 Å².